The number of hydrogen-bond acceptors (Lipinski definition) is 3. The predicted octanol–water partition coefficient (Wildman–Crippen LogP) is 2.25. The fraction of sp³-hybridized carbons (Fsp3) is 1.00. The lowest BCUT2D eigenvalue weighted by molar-refractivity contribution is 0.195. The number of rotatable bonds is 3. The molecule has 0 saturated heterocycles. The van der Waals surface area contributed by atoms with E-state index in [-0.39, 0.29) is 11.4 Å². The SMILES string of the molecule is CC1CC(C)C(SC(C)C(C)O)C(N)C1. The van der Waals surface area contributed by atoms with Gasteiger partial charge >= 0.3 is 0 Å². The van der Waals surface area contributed by atoms with Crippen molar-refractivity contribution < 1.29 is 5.11 Å². The van der Waals surface area contributed by atoms with E-state index in [1.54, 1.807) is 0 Å². The average molecular weight is 231 g/mol. The summed E-state index contributed by atoms with van der Waals surface area (Å²) in [7, 11) is 0. The monoisotopic (exact) mass is 231 g/mol. The molecule has 0 aromatic heterocycles. The van der Waals surface area contributed by atoms with Crippen LogP contribution in [-0.2, 0) is 0 Å². The Kier molecular flexibility index (Phi) is 4.94. The zero-order valence-corrected chi connectivity index (χ0v) is 11.1. The second kappa shape index (κ2) is 5.55. The van der Waals surface area contributed by atoms with Gasteiger partial charge in [0.1, 0.15) is 0 Å². The van der Waals surface area contributed by atoms with Crippen LogP contribution in [0.15, 0.2) is 0 Å². The lowest BCUT2D eigenvalue weighted by Crippen LogP contribution is -2.44. The lowest BCUT2D eigenvalue weighted by atomic mass is 9.80. The molecule has 0 spiro atoms. The maximum atomic E-state index is 9.51. The first-order valence-corrected chi connectivity index (χ1v) is 6.95. The van der Waals surface area contributed by atoms with Gasteiger partial charge in [0.2, 0.25) is 0 Å². The van der Waals surface area contributed by atoms with Crippen molar-refractivity contribution in [3.63, 3.8) is 0 Å². The molecule has 90 valence electrons. The molecular formula is C12H25NOS. The van der Waals surface area contributed by atoms with Gasteiger partial charge in [-0.1, -0.05) is 20.8 Å². The molecule has 1 aliphatic carbocycles. The van der Waals surface area contributed by atoms with Crippen LogP contribution in [0.4, 0.5) is 0 Å². The van der Waals surface area contributed by atoms with Crippen LogP contribution in [0.2, 0.25) is 0 Å². The molecule has 0 aromatic carbocycles. The van der Waals surface area contributed by atoms with Crippen LogP contribution in [0.25, 0.3) is 0 Å². The summed E-state index contributed by atoms with van der Waals surface area (Å²) >= 11 is 1.87. The lowest BCUT2D eigenvalue weighted by Gasteiger charge is -2.39. The maximum Gasteiger partial charge on any atom is 0.0628 e. The summed E-state index contributed by atoms with van der Waals surface area (Å²) in [5, 5.41) is 10.3. The maximum absolute atomic E-state index is 9.51. The zero-order chi connectivity index (χ0) is 11.6. The van der Waals surface area contributed by atoms with Gasteiger partial charge in [-0.25, -0.2) is 0 Å². The largest absolute Gasteiger partial charge is 0.392 e. The molecule has 3 heteroatoms. The van der Waals surface area contributed by atoms with Crippen molar-refractivity contribution in [2.75, 3.05) is 0 Å². The van der Waals surface area contributed by atoms with Gasteiger partial charge in [0.25, 0.3) is 0 Å². The van der Waals surface area contributed by atoms with E-state index in [0.717, 1.165) is 12.3 Å². The fourth-order valence-corrected chi connectivity index (χ4v) is 3.90. The molecule has 1 aliphatic rings. The van der Waals surface area contributed by atoms with E-state index in [1.807, 2.05) is 18.7 Å². The second-order valence-corrected chi connectivity index (χ2v) is 6.82. The van der Waals surface area contributed by atoms with Crippen molar-refractivity contribution in [2.24, 2.45) is 17.6 Å². The van der Waals surface area contributed by atoms with E-state index in [2.05, 4.69) is 20.8 Å². The molecular weight excluding hydrogens is 206 g/mol. The highest BCUT2D eigenvalue weighted by Gasteiger charge is 2.33. The van der Waals surface area contributed by atoms with Gasteiger partial charge in [-0.05, 0) is 31.6 Å². The summed E-state index contributed by atoms with van der Waals surface area (Å²) < 4.78 is 0. The normalized spacial score (nSPS) is 41.2. The molecule has 2 nitrogen and oxygen atoms in total. The summed E-state index contributed by atoms with van der Waals surface area (Å²) in [5.74, 6) is 1.43. The minimum atomic E-state index is -0.242. The van der Waals surface area contributed by atoms with Crippen molar-refractivity contribution in [1.29, 1.82) is 0 Å². The molecule has 0 amide bonds. The molecule has 0 aliphatic heterocycles. The summed E-state index contributed by atoms with van der Waals surface area (Å²) in [6, 6.07) is 0.301. The average Bonchev–Trinajstić information content (AvgIpc) is 2.10. The summed E-state index contributed by atoms with van der Waals surface area (Å²) in [6.45, 7) is 8.53. The van der Waals surface area contributed by atoms with Crippen molar-refractivity contribution in [3.05, 3.63) is 0 Å². The summed E-state index contributed by atoms with van der Waals surface area (Å²) in [5.41, 5.74) is 6.21. The van der Waals surface area contributed by atoms with E-state index in [9.17, 15) is 5.11 Å². The van der Waals surface area contributed by atoms with Crippen LogP contribution in [-0.4, -0.2) is 27.8 Å². The smallest absolute Gasteiger partial charge is 0.0628 e. The predicted molar refractivity (Wildman–Crippen MR) is 68.1 cm³/mol. The van der Waals surface area contributed by atoms with Crippen LogP contribution in [0.1, 0.15) is 40.5 Å². The van der Waals surface area contributed by atoms with Crippen LogP contribution in [0, 0.1) is 11.8 Å². The minimum Gasteiger partial charge on any atom is -0.392 e. The highest BCUT2D eigenvalue weighted by atomic mass is 32.2. The molecule has 6 atom stereocenters. The minimum absolute atomic E-state index is 0.242. The Morgan fingerprint density at radius 2 is 1.87 bits per heavy atom. The summed E-state index contributed by atoms with van der Waals surface area (Å²) in [4.78, 5) is 0. The van der Waals surface area contributed by atoms with Crippen molar-refractivity contribution in [1.82, 2.24) is 0 Å². The molecule has 0 bridgehead atoms. The molecule has 15 heavy (non-hydrogen) atoms. The molecule has 1 saturated carbocycles. The number of aliphatic hydroxyl groups is 1. The van der Waals surface area contributed by atoms with Crippen LogP contribution in [0.5, 0.6) is 0 Å². The quantitative estimate of drug-likeness (QED) is 0.783. The van der Waals surface area contributed by atoms with Crippen LogP contribution < -0.4 is 5.73 Å². The Morgan fingerprint density at radius 1 is 1.27 bits per heavy atom. The Morgan fingerprint density at radius 3 is 2.33 bits per heavy atom. The first-order chi connectivity index (χ1) is 6.91. The van der Waals surface area contributed by atoms with Gasteiger partial charge < -0.3 is 10.8 Å². The van der Waals surface area contributed by atoms with E-state index >= 15 is 0 Å². The number of aliphatic hydroxyl groups excluding tert-OH is 1. The Labute approximate surface area is 98.0 Å². The Balaban J connectivity index is 2.52. The molecule has 6 unspecified atom stereocenters. The third kappa shape index (κ3) is 3.65. The third-order valence-corrected chi connectivity index (χ3v) is 5.43. The van der Waals surface area contributed by atoms with Crippen LogP contribution >= 0.6 is 11.8 Å². The second-order valence-electron chi connectivity index (χ2n) is 5.26. The third-order valence-electron chi connectivity index (χ3n) is 3.48. The van der Waals surface area contributed by atoms with E-state index in [1.165, 1.54) is 6.42 Å². The van der Waals surface area contributed by atoms with E-state index in [4.69, 9.17) is 5.73 Å². The molecule has 0 aromatic rings. The molecule has 0 radical (unpaired) electrons. The standard InChI is InChI=1S/C12H25NOS/c1-7-5-8(2)12(11(13)6-7)15-10(4)9(3)14/h7-12,14H,5-6,13H2,1-4H3. The van der Waals surface area contributed by atoms with Crippen molar-refractivity contribution >= 4 is 11.8 Å². The van der Waals surface area contributed by atoms with Crippen LogP contribution in [0.3, 0.4) is 0 Å². The Bertz CT molecular complexity index is 186. The van der Waals surface area contributed by atoms with Gasteiger partial charge in [-0.15, -0.1) is 0 Å². The Hall–Kier alpha value is 0.270. The first-order valence-electron chi connectivity index (χ1n) is 6.01. The van der Waals surface area contributed by atoms with E-state index in [0.29, 0.717) is 17.2 Å². The molecule has 1 fully saturated rings. The molecule has 1 rings (SSSR count). The fourth-order valence-electron chi connectivity index (χ4n) is 2.48. The number of thioether (sulfide) groups is 1. The van der Waals surface area contributed by atoms with E-state index < -0.39 is 0 Å². The zero-order valence-electron chi connectivity index (χ0n) is 10.3. The van der Waals surface area contributed by atoms with Gasteiger partial charge in [0.15, 0.2) is 0 Å². The van der Waals surface area contributed by atoms with Gasteiger partial charge in [-0.3, -0.25) is 0 Å². The molecule has 3 N–H and O–H groups in total. The molecule has 0 heterocycles. The highest BCUT2D eigenvalue weighted by Crippen LogP contribution is 2.37. The number of hydrogen-bond donors (Lipinski definition) is 2. The van der Waals surface area contributed by atoms with Gasteiger partial charge in [0.05, 0.1) is 6.10 Å². The van der Waals surface area contributed by atoms with Gasteiger partial charge in [0, 0.05) is 16.5 Å². The number of nitrogens with two attached hydrogens (primary N) is 1. The summed E-state index contributed by atoms with van der Waals surface area (Å²) in [6.07, 6.45) is 2.17. The van der Waals surface area contributed by atoms with Gasteiger partial charge in [-0.2, -0.15) is 11.8 Å². The first kappa shape index (κ1) is 13.3. The highest BCUT2D eigenvalue weighted by molar-refractivity contribution is 8.00. The van der Waals surface area contributed by atoms with Crippen molar-refractivity contribution in [2.45, 2.75) is 63.2 Å². The van der Waals surface area contributed by atoms with Crippen molar-refractivity contribution in [3.8, 4) is 0 Å². The topological polar surface area (TPSA) is 46.2 Å².